The third-order valence-corrected chi connectivity index (χ3v) is 3.70. The van der Waals surface area contributed by atoms with Crippen molar-refractivity contribution >= 4 is 11.3 Å². The second-order valence-electron chi connectivity index (χ2n) is 4.26. The second kappa shape index (κ2) is 4.90. The molecule has 1 N–H and O–H groups in total. The van der Waals surface area contributed by atoms with E-state index in [0.717, 1.165) is 18.9 Å². The zero-order valence-electron chi connectivity index (χ0n) is 9.20. The zero-order chi connectivity index (χ0) is 10.7. The molecule has 0 amide bonds. The lowest BCUT2D eigenvalue weighted by molar-refractivity contribution is 0.548. The van der Waals surface area contributed by atoms with Crippen molar-refractivity contribution in [3.8, 4) is 0 Å². The lowest BCUT2D eigenvalue weighted by atomic mass is 10.2. The monoisotopic (exact) mass is 222 g/mol. The molecule has 3 heteroatoms. The van der Waals surface area contributed by atoms with E-state index in [9.17, 15) is 0 Å². The van der Waals surface area contributed by atoms with Gasteiger partial charge in [-0.2, -0.15) is 0 Å². The summed E-state index contributed by atoms with van der Waals surface area (Å²) in [5.74, 6) is 0.786. The minimum atomic E-state index is 0.494. The molecule has 0 bridgehead atoms. The normalized spacial score (nSPS) is 17.7. The van der Waals surface area contributed by atoms with Crippen molar-refractivity contribution in [3.05, 3.63) is 28.7 Å². The Morgan fingerprint density at radius 2 is 2.53 bits per heavy atom. The predicted molar refractivity (Wildman–Crippen MR) is 65.2 cm³/mol. The molecule has 1 saturated carbocycles. The first-order valence-electron chi connectivity index (χ1n) is 5.58. The fraction of sp³-hybridized carbons (Fsp3) is 0.583. The number of hydrogen-bond acceptors (Lipinski definition) is 3. The van der Waals surface area contributed by atoms with Crippen molar-refractivity contribution < 1.29 is 0 Å². The van der Waals surface area contributed by atoms with E-state index in [-0.39, 0.29) is 0 Å². The summed E-state index contributed by atoms with van der Waals surface area (Å²) in [4.78, 5) is 4.63. The van der Waals surface area contributed by atoms with E-state index in [0.29, 0.717) is 6.04 Å². The van der Waals surface area contributed by atoms with Crippen LogP contribution in [0.5, 0.6) is 0 Å². The Labute approximate surface area is 95.4 Å². The third kappa shape index (κ3) is 3.14. The molecule has 1 atom stereocenters. The number of rotatable bonds is 6. The Hall–Kier alpha value is -0.670. The minimum Gasteiger partial charge on any atom is -0.308 e. The summed E-state index contributed by atoms with van der Waals surface area (Å²) in [7, 11) is 0. The largest absolute Gasteiger partial charge is 0.308 e. The molecule has 1 aromatic rings. The van der Waals surface area contributed by atoms with Gasteiger partial charge in [0, 0.05) is 23.9 Å². The van der Waals surface area contributed by atoms with Crippen LogP contribution < -0.4 is 5.32 Å². The highest BCUT2D eigenvalue weighted by atomic mass is 32.1. The van der Waals surface area contributed by atoms with Crippen molar-refractivity contribution in [2.24, 2.45) is 0 Å². The molecular formula is C12H18N2S. The number of nitrogens with one attached hydrogen (secondary N) is 1. The van der Waals surface area contributed by atoms with Crippen LogP contribution in [0.25, 0.3) is 0 Å². The fourth-order valence-corrected chi connectivity index (χ4v) is 2.52. The summed E-state index contributed by atoms with van der Waals surface area (Å²) in [6.45, 7) is 6.80. The van der Waals surface area contributed by atoms with E-state index in [1.54, 1.807) is 0 Å². The van der Waals surface area contributed by atoms with Gasteiger partial charge in [-0.1, -0.05) is 6.08 Å². The molecule has 2 rings (SSSR count). The van der Waals surface area contributed by atoms with Gasteiger partial charge in [0.05, 0.1) is 10.7 Å². The quantitative estimate of drug-likeness (QED) is 0.748. The summed E-state index contributed by atoms with van der Waals surface area (Å²) in [6.07, 6.45) is 5.65. The van der Waals surface area contributed by atoms with Gasteiger partial charge >= 0.3 is 0 Å². The first kappa shape index (κ1) is 10.8. The van der Waals surface area contributed by atoms with E-state index < -0.39 is 0 Å². The van der Waals surface area contributed by atoms with Gasteiger partial charge < -0.3 is 5.32 Å². The van der Waals surface area contributed by atoms with Gasteiger partial charge in [-0.05, 0) is 26.2 Å². The van der Waals surface area contributed by atoms with Crippen LogP contribution in [-0.2, 0) is 6.54 Å². The molecule has 2 nitrogen and oxygen atoms in total. The van der Waals surface area contributed by atoms with Gasteiger partial charge in [0.25, 0.3) is 0 Å². The van der Waals surface area contributed by atoms with Gasteiger partial charge in [0.15, 0.2) is 0 Å². The molecule has 0 spiro atoms. The number of aromatic nitrogens is 1. The molecular weight excluding hydrogens is 204 g/mol. The Morgan fingerprint density at radius 1 is 1.73 bits per heavy atom. The van der Waals surface area contributed by atoms with Crippen LogP contribution in [-0.4, -0.2) is 11.0 Å². The van der Waals surface area contributed by atoms with Gasteiger partial charge in [-0.3, -0.25) is 0 Å². The molecule has 1 unspecified atom stereocenters. The Balaban J connectivity index is 1.79. The lowest BCUT2D eigenvalue weighted by Crippen LogP contribution is -2.24. The molecule has 1 aromatic heterocycles. The van der Waals surface area contributed by atoms with Gasteiger partial charge in [0.1, 0.15) is 0 Å². The number of thiazole rings is 1. The van der Waals surface area contributed by atoms with Crippen molar-refractivity contribution in [2.45, 2.75) is 44.7 Å². The summed E-state index contributed by atoms with van der Waals surface area (Å²) >= 11 is 1.81. The predicted octanol–water partition coefficient (Wildman–Crippen LogP) is 3.07. The highest BCUT2D eigenvalue weighted by Gasteiger charge is 2.26. The molecule has 82 valence electrons. The highest BCUT2D eigenvalue weighted by molar-refractivity contribution is 7.09. The maximum Gasteiger partial charge on any atom is 0.0959 e. The summed E-state index contributed by atoms with van der Waals surface area (Å²) in [6, 6.07) is 0.494. The van der Waals surface area contributed by atoms with E-state index in [1.807, 2.05) is 17.4 Å². The maximum absolute atomic E-state index is 4.63. The maximum atomic E-state index is 4.63. The fourth-order valence-electron chi connectivity index (χ4n) is 1.53. The molecule has 0 saturated heterocycles. The molecule has 0 aromatic carbocycles. The Morgan fingerprint density at radius 3 is 3.20 bits per heavy atom. The van der Waals surface area contributed by atoms with Crippen LogP contribution in [0.15, 0.2) is 18.0 Å². The van der Waals surface area contributed by atoms with E-state index >= 15 is 0 Å². The van der Waals surface area contributed by atoms with Crippen molar-refractivity contribution in [1.82, 2.24) is 10.3 Å². The van der Waals surface area contributed by atoms with Crippen LogP contribution in [0.3, 0.4) is 0 Å². The van der Waals surface area contributed by atoms with Gasteiger partial charge in [-0.15, -0.1) is 17.9 Å². The average molecular weight is 222 g/mol. The molecule has 15 heavy (non-hydrogen) atoms. The summed E-state index contributed by atoms with van der Waals surface area (Å²) in [5.41, 5.74) is 1.19. The standard InChI is InChI=1S/C12H18N2S/c1-3-4-9(2)13-7-11-8-15-12(14-11)10-5-6-10/h3,8-10,13H,1,4-7H2,2H3. The van der Waals surface area contributed by atoms with E-state index in [1.165, 1.54) is 23.5 Å². The van der Waals surface area contributed by atoms with Crippen LogP contribution in [0.2, 0.25) is 0 Å². The lowest BCUT2D eigenvalue weighted by Gasteiger charge is -2.09. The molecule has 1 fully saturated rings. The van der Waals surface area contributed by atoms with Gasteiger partial charge in [-0.25, -0.2) is 4.98 Å². The zero-order valence-corrected chi connectivity index (χ0v) is 10.0. The summed E-state index contributed by atoms with van der Waals surface area (Å²) in [5, 5.41) is 6.96. The van der Waals surface area contributed by atoms with Crippen molar-refractivity contribution in [1.29, 1.82) is 0 Å². The molecule has 0 radical (unpaired) electrons. The van der Waals surface area contributed by atoms with Crippen LogP contribution in [0, 0.1) is 0 Å². The molecule has 1 heterocycles. The topological polar surface area (TPSA) is 24.9 Å². The van der Waals surface area contributed by atoms with Crippen LogP contribution in [0.4, 0.5) is 0 Å². The average Bonchev–Trinajstić information content (AvgIpc) is 2.96. The molecule has 1 aliphatic rings. The highest BCUT2D eigenvalue weighted by Crippen LogP contribution is 2.41. The van der Waals surface area contributed by atoms with Gasteiger partial charge in [0.2, 0.25) is 0 Å². The molecule has 1 aliphatic carbocycles. The number of hydrogen-bond donors (Lipinski definition) is 1. The second-order valence-corrected chi connectivity index (χ2v) is 5.15. The smallest absolute Gasteiger partial charge is 0.0959 e. The Bertz CT molecular complexity index is 328. The Kier molecular flexibility index (Phi) is 3.54. The molecule has 0 aliphatic heterocycles. The van der Waals surface area contributed by atoms with Crippen molar-refractivity contribution in [2.75, 3.05) is 0 Å². The minimum absolute atomic E-state index is 0.494. The first-order valence-corrected chi connectivity index (χ1v) is 6.46. The third-order valence-electron chi connectivity index (χ3n) is 2.65. The first-order chi connectivity index (χ1) is 7.29. The van der Waals surface area contributed by atoms with Crippen molar-refractivity contribution in [3.63, 3.8) is 0 Å². The van der Waals surface area contributed by atoms with Crippen LogP contribution in [0.1, 0.15) is 42.8 Å². The van der Waals surface area contributed by atoms with Crippen LogP contribution >= 0.6 is 11.3 Å². The summed E-state index contributed by atoms with van der Waals surface area (Å²) < 4.78 is 0. The van der Waals surface area contributed by atoms with E-state index in [2.05, 4.69) is 29.2 Å². The number of nitrogens with zero attached hydrogens (tertiary/aromatic N) is 1. The SMILES string of the molecule is C=CCC(C)NCc1csc(C2CC2)n1. The van der Waals surface area contributed by atoms with E-state index in [4.69, 9.17) is 0 Å².